The predicted octanol–water partition coefficient (Wildman–Crippen LogP) is 4.55. The summed E-state index contributed by atoms with van der Waals surface area (Å²) < 4.78 is 17.5. The number of hydrogen-bond acceptors (Lipinski definition) is 5. The smallest absolute Gasteiger partial charge is 0.202 e. The van der Waals surface area contributed by atoms with Crippen LogP contribution in [0.1, 0.15) is 10.4 Å². The van der Waals surface area contributed by atoms with Gasteiger partial charge >= 0.3 is 0 Å². The Morgan fingerprint density at radius 3 is 2.10 bits per heavy atom. The summed E-state index contributed by atoms with van der Waals surface area (Å²) in [5.41, 5.74) is 0.599. The highest BCUT2D eigenvalue weighted by molar-refractivity contribution is 9.12. The van der Waals surface area contributed by atoms with Crippen molar-refractivity contribution in [3.05, 3.63) is 37.4 Å². The second kappa shape index (κ2) is 7.29. The van der Waals surface area contributed by atoms with Gasteiger partial charge in [0.1, 0.15) is 17.2 Å². The minimum Gasteiger partial charge on any atom is -0.496 e. The van der Waals surface area contributed by atoms with Crippen molar-refractivity contribution in [1.29, 1.82) is 0 Å². The van der Waals surface area contributed by atoms with E-state index < -0.39 is 0 Å². The van der Waals surface area contributed by atoms with Crippen LogP contribution in [0.5, 0.6) is 17.2 Å². The number of carbonyl (C=O) groups is 1. The first-order valence-electron chi connectivity index (χ1n) is 5.87. The number of methoxy groups -OCH3 is 2. The fourth-order valence-corrected chi connectivity index (χ4v) is 4.48. The van der Waals surface area contributed by atoms with Crippen LogP contribution >= 0.6 is 43.2 Å². The van der Waals surface area contributed by atoms with E-state index in [1.165, 1.54) is 11.3 Å². The average molecular weight is 436 g/mol. The third kappa shape index (κ3) is 4.21. The van der Waals surface area contributed by atoms with Crippen LogP contribution in [0.4, 0.5) is 0 Å². The van der Waals surface area contributed by atoms with Crippen LogP contribution < -0.4 is 14.2 Å². The molecule has 0 unspecified atom stereocenters. The van der Waals surface area contributed by atoms with Crippen LogP contribution in [0.15, 0.2) is 31.8 Å². The Bertz CT molecular complexity index is 632. The lowest BCUT2D eigenvalue weighted by molar-refractivity contribution is 0.0921. The minimum atomic E-state index is -0.106. The Balaban J connectivity index is 2.09. The fraction of sp³-hybridized carbons (Fsp3) is 0.214. The molecule has 0 saturated heterocycles. The van der Waals surface area contributed by atoms with Crippen LogP contribution in [0, 0.1) is 0 Å². The Morgan fingerprint density at radius 2 is 1.62 bits per heavy atom. The molecule has 21 heavy (non-hydrogen) atoms. The summed E-state index contributed by atoms with van der Waals surface area (Å²) in [5, 5.41) is 0. The van der Waals surface area contributed by atoms with E-state index in [0.717, 1.165) is 7.57 Å². The van der Waals surface area contributed by atoms with Gasteiger partial charge in [-0.2, -0.15) is 0 Å². The van der Waals surface area contributed by atoms with Gasteiger partial charge in [0.25, 0.3) is 0 Å². The van der Waals surface area contributed by atoms with Crippen LogP contribution in [-0.4, -0.2) is 26.6 Å². The number of carbonyl (C=O) groups excluding carboxylic acids is 1. The van der Waals surface area contributed by atoms with E-state index >= 15 is 0 Å². The van der Waals surface area contributed by atoms with Gasteiger partial charge in [0, 0.05) is 23.8 Å². The summed E-state index contributed by atoms with van der Waals surface area (Å²) in [7, 11) is 3.12. The van der Waals surface area contributed by atoms with Gasteiger partial charge in [-0.1, -0.05) is 0 Å². The number of benzene rings is 1. The van der Waals surface area contributed by atoms with E-state index in [2.05, 4.69) is 31.9 Å². The maximum atomic E-state index is 12.1. The topological polar surface area (TPSA) is 44.8 Å². The highest BCUT2D eigenvalue weighted by Crippen LogP contribution is 2.32. The number of ketones is 1. The fourth-order valence-electron chi connectivity index (χ4n) is 1.62. The Hall–Kier alpha value is -1.05. The Kier molecular flexibility index (Phi) is 5.66. The van der Waals surface area contributed by atoms with Gasteiger partial charge in [-0.3, -0.25) is 4.79 Å². The van der Waals surface area contributed by atoms with Crippen LogP contribution in [-0.2, 0) is 0 Å². The molecule has 7 heteroatoms. The monoisotopic (exact) mass is 434 g/mol. The molecule has 2 rings (SSSR count). The lowest BCUT2D eigenvalue weighted by Gasteiger charge is -2.09. The van der Waals surface area contributed by atoms with E-state index in [0.29, 0.717) is 22.8 Å². The first-order valence-corrected chi connectivity index (χ1v) is 8.27. The van der Waals surface area contributed by atoms with Gasteiger partial charge in [0.2, 0.25) is 5.78 Å². The molecular formula is C14H12Br2O4S. The lowest BCUT2D eigenvalue weighted by atomic mass is 10.2. The van der Waals surface area contributed by atoms with E-state index in [4.69, 9.17) is 14.2 Å². The predicted molar refractivity (Wildman–Crippen MR) is 89.1 cm³/mol. The molecule has 0 aliphatic carbocycles. The molecule has 0 spiro atoms. The molecule has 0 aliphatic heterocycles. The number of rotatable bonds is 6. The van der Waals surface area contributed by atoms with Gasteiger partial charge in [-0.05, 0) is 37.9 Å². The minimum absolute atomic E-state index is 0.0574. The molecule has 0 atom stereocenters. The van der Waals surface area contributed by atoms with Crippen molar-refractivity contribution >= 4 is 49.0 Å². The second-order valence-corrected chi connectivity index (χ2v) is 7.75. The lowest BCUT2D eigenvalue weighted by Crippen LogP contribution is -2.11. The van der Waals surface area contributed by atoms with Crippen molar-refractivity contribution in [3.63, 3.8) is 0 Å². The SMILES string of the molecule is COc1cc(OC)cc(OCC(=O)c2cc(Br)sc2Br)c1. The summed E-state index contributed by atoms with van der Waals surface area (Å²) in [6.07, 6.45) is 0. The third-order valence-corrected chi connectivity index (χ3v) is 4.99. The summed E-state index contributed by atoms with van der Waals surface area (Å²) >= 11 is 8.16. The molecule has 1 heterocycles. The second-order valence-electron chi connectivity index (χ2n) is 4.00. The molecule has 0 bridgehead atoms. The molecular weight excluding hydrogens is 424 g/mol. The number of ether oxygens (including phenoxy) is 3. The maximum absolute atomic E-state index is 12.1. The molecule has 1 aromatic heterocycles. The zero-order chi connectivity index (χ0) is 15.4. The number of Topliss-reactive ketones (excluding diaryl/α,β-unsaturated/α-hetero) is 1. The van der Waals surface area contributed by atoms with Crippen LogP contribution in [0.3, 0.4) is 0 Å². The normalized spacial score (nSPS) is 10.3. The quantitative estimate of drug-likeness (QED) is 0.624. The summed E-state index contributed by atoms with van der Waals surface area (Å²) in [6, 6.07) is 6.91. The molecule has 0 radical (unpaired) electrons. The van der Waals surface area contributed by atoms with Crippen LogP contribution in [0.25, 0.3) is 0 Å². The standard InChI is InChI=1S/C14H12Br2O4S/c1-18-8-3-9(19-2)5-10(4-8)20-7-12(17)11-6-13(15)21-14(11)16/h3-6H,7H2,1-2H3. The summed E-state index contributed by atoms with van der Waals surface area (Å²) in [6.45, 7) is -0.0574. The van der Waals surface area contributed by atoms with Crippen molar-refractivity contribution in [3.8, 4) is 17.2 Å². The van der Waals surface area contributed by atoms with Crippen molar-refractivity contribution in [1.82, 2.24) is 0 Å². The van der Waals surface area contributed by atoms with Gasteiger partial charge in [-0.15, -0.1) is 11.3 Å². The van der Waals surface area contributed by atoms with Gasteiger partial charge < -0.3 is 14.2 Å². The first-order chi connectivity index (χ1) is 10.0. The molecule has 2 aromatic rings. The maximum Gasteiger partial charge on any atom is 0.202 e. The van der Waals surface area contributed by atoms with E-state index in [9.17, 15) is 4.79 Å². The highest BCUT2D eigenvalue weighted by Gasteiger charge is 2.14. The number of halogens is 2. The zero-order valence-electron chi connectivity index (χ0n) is 11.3. The summed E-state index contributed by atoms with van der Waals surface area (Å²) in [5.74, 6) is 1.63. The first kappa shape index (κ1) is 16.3. The molecule has 0 N–H and O–H groups in total. The van der Waals surface area contributed by atoms with Gasteiger partial charge in [-0.25, -0.2) is 0 Å². The van der Waals surface area contributed by atoms with Crippen molar-refractivity contribution < 1.29 is 19.0 Å². The molecule has 1 aromatic carbocycles. The molecule has 0 aliphatic rings. The largest absolute Gasteiger partial charge is 0.496 e. The molecule has 0 amide bonds. The zero-order valence-corrected chi connectivity index (χ0v) is 15.3. The van der Waals surface area contributed by atoms with Crippen molar-refractivity contribution in [2.45, 2.75) is 0 Å². The van der Waals surface area contributed by atoms with Gasteiger partial charge in [0.15, 0.2) is 6.61 Å². The highest BCUT2D eigenvalue weighted by atomic mass is 79.9. The number of thiophene rings is 1. The molecule has 112 valence electrons. The van der Waals surface area contributed by atoms with E-state index in [1.807, 2.05) is 0 Å². The number of hydrogen-bond donors (Lipinski definition) is 0. The van der Waals surface area contributed by atoms with Crippen molar-refractivity contribution in [2.75, 3.05) is 20.8 Å². The van der Waals surface area contributed by atoms with Gasteiger partial charge in [0.05, 0.1) is 21.8 Å². The van der Waals surface area contributed by atoms with Crippen molar-refractivity contribution in [2.24, 2.45) is 0 Å². The average Bonchev–Trinajstić information content (AvgIpc) is 2.83. The Morgan fingerprint density at radius 1 is 1.05 bits per heavy atom. The van der Waals surface area contributed by atoms with Crippen LogP contribution in [0.2, 0.25) is 0 Å². The molecule has 0 fully saturated rings. The summed E-state index contributed by atoms with van der Waals surface area (Å²) in [4.78, 5) is 12.1. The van der Waals surface area contributed by atoms with E-state index in [-0.39, 0.29) is 12.4 Å². The van der Waals surface area contributed by atoms with E-state index in [1.54, 1.807) is 38.5 Å². The Labute approximate surface area is 143 Å². The molecule has 0 saturated carbocycles. The third-order valence-electron chi connectivity index (χ3n) is 2.65. The molecule has 4 nitrogen and oxygen atoms in total.